The molecule has 2 heterocycles. The van der Waals surface area contributed by atoms with E-state index in [9.17, 15) is 14.3 Å². The van der Waals surface area contributed by atoms with Crippen LogP contribution < -0.4 is 10.1 Å². The molecule has 1 amide bonds. The zero-order valence-corrected chi connectivity index (χ0v) is 18.1. The molecular weight excluding hydrogens is 423 g/mol. The number of carbonyl (C=O) groups excluding carboxylic acids is 1. The smallest absolute Gasteiger partial charge is 0.221 e. The van der Waals surface area contributed by atoms with Crippen LogP contribution in [0.1, 0.15) is 30.9 Å². The van der Waals surface area contributed by atoms with E-state index in [0.29, 0.717) is 18.8 Å². The number of nitrogens with one attached hydrogen (secondary N) is 1. The number of anilines is 1. The van der Waals surface area contributed by atoms with Gasteiger partial charge in [0.15, 0.2) is 0 Å². The van der Waals surface area contributed by atoms with Gasteiger partial charge in [0.2, 0.25) is 5.91 Å². The second-order valence-electron chi connectivity index (χ2n) is 8.17. The lowest BCUT2D eigenvalue weighted by Gasteiger charge is -2.39. The lowest BCUT2D eigenvalue weighted by atomic mass is 9.84. The lowest BCUT2D eigenvalue weighted by Crippen LogP contribution is -2.46. The van der Waals surface area contributed by atoms with Gasteiger partial charge >= 0.3 is 0 Å². The van der Waals surface area contributed by atoms with Gasteiger partial charge in [-0.2, -0.15) is 0 Å². The number of aliphatic hydroxyl groups is 1. The van der Waals surface area contributed by atoms with Gasteiger partial charge in [0, 0.05) is 37.6 Å². The first-order valence-corrected chi connectivity index (χ1v) is 10.8. The van der Waals surface area contributed by atoms with Crippen LogP contribution in [0.4, 0.5) is 10.1 Å². The maximum absolute atomic E-state index is 13.6. The number of hydrogen-bond donors (Lipinski definition) is 2. The molecule has 2 N–H and O–H groups in total. The second kappa shape index (κ2) is 9.12. The van der Waals surface area contributed by atoms with Crippen LogP contribution >= 0.6 is 11.6 Å². The third-order valence-corrected chi connectivity index (χ3v) is 6.12. The minimum Gasteiger partial charge on any atom is -0.489 e. The Morgan fingerprint density at radius 1 is 1.32 bits per heavy atom. The van der Waals surface area contributed by atoms with E-state index in [-0.39, 0.29) is 23.9 Å². The van der Waals surface area contributed by atoms with Crippen molar-refractivity contribution in [2.24, 2.45) is 0 Å². The van der Waals surface area contributed by atoms with E-state index in [2.05, 4.69) is 10.2 Å². The summed E-state index contributed by atoms with van der Waals surface area (Å²) in [6, 6.07) is 9.81. The van der Waals surface area contributed by atoms with Crippen LogP contribution in [0, 0.1) is 5.82 Å². The minimum absolute atomic E-state index is 0.00732. The van der Waals surface area contributed by atoms with Crippen LogP contribution in [0.15, 0.2) is 36.4 Å². The zero-order chi connectivity index (χ0) is 22.0. The first kappa shape index (κ1) is 22.0. The summed E-state index contributed by atoms with van der Waals surface area (Å²) >= 11 is 6.20. The highest BCUT2D eigenvalue weighted by Gasteiger charge is 2.42. The van der Waals surface area contributed by atoms with Crippen LogP contribution in [0.25, 0.3) is 0 Å². The van der Waals surface area contributed by atoms with E-state index in [1.54, 1.807) is 0 Å². The van der Waals surface area contributed by atoms with Gasteiger partial charge < -0.3 is 24.8 Å². The monoisotopic (exact) mass is 448 g/mol. The molecule has 2 aromatic rings. The molecule has 2 aromatic carbocycles. The molecular formula is C23H26ClFN2O4. The van der Waals surface area contributed by atoms with Gasteiger partial charge in [-0.3, -0.25) is 4.79 Å². The molecule has 0 aromatic heterocycles. The fourth-order valence-corrected chi connectivity index (χ4v) is 4.52. The lowest BCUT2D eigenvalue weighted by molar-refractivity contribution is -0.114. The van der Waals surface area contributed by atoms with Gasteiger partial charge in [0.05, 0.1) is 17.9 Å². The normalized spacial score (nSPS) is 18.6. The number of aliphatic hydroxyl groups excluding tert-OH is 1. The van der Waals surface area contributed by atoms with E-state index in [0.717, 1.165) is 31.0 Å². The highest BCUT2D eigenvalue weighted by Crippen LogP contribution is 2.44. The van der Waals surface area contributed by atoms with E-state index >= 15 is 0 Å². The number of ether oxygens (including phenoxy) is 2. The number of rotatable bonds is 6. The summed E-state index contributed by atoms with van der Waals surface area (Å²) in [5, 5.41) is 13.8. The van der Waals surface area contributed by atoms with E-state index in [1.165, 1.54) is 36.2 Å². The summed E-state index contributed by atoms with van der Waals surface area (Å²) in [5.74, 6) is -0.562. The van der Waals surface area contributed by atoms with Crippen molar-refractivity contribution in [3.05, 3.63) is 58.4 Å². The number of likely N-dealkylation sites (tertiary alicyclic amines) is 1. The molecule has 166 valence electrons. The Morgan fingerprint density at radius 2 is 2.10 bits per heavy atom. The van der Waals surface area contributed by atoms with Gasteiger partial charge in [-0.15, -0.1) is 0 Å². The van der Waals surface area contributed by atoms with Crippen molar-refractivity contribution in [2.75, 3.05) is 31.6 Å². The zero-order valence-electron chi connectivity index (χ0n) is 17.4. The van der Waals surface area contributed by atoms with Gasteiger partial charge in [0.1, 0.15) is 24.3 Å². The van der Waals surface area contributed by atoms with Crippen molar-refractivity contribution < 1.29 is 23.8 Å². The third-order valence-electron chi connectivity index (χ3n) is 5.89. The summed E-state index contributed by atoms with van der Waals surface area (Å²) in [7, 11) is 0. The third kappa shape index (κ3) is 5.01. The number of carbonyl (C=O) groups is 1. The fraction of sp³-hybridized carbons (Fsp3) is 0.435. The van der Waals surface area contributed by atoms with Crippen molar-refractivity contribution in [1.82, 2.24) is 4.90 Å². The largest absolute Gasteiger partial charge is 0.489 e. The fourth-order valence-electron chi connectivity index (χ4n) is 4.35. The molecule has 31 heavy (non-hydrogen) atoms. The quantitative estimate of drug-likeness (QED) is 0.705. The van der Waals surface area contributed by atoms with Crippen LogP contribution in [0.5, 0.6) is 5.75 Å². The predicted molar refractivity (Wildman–Crippen MR) is 116 cm³/mol. The average molecular weight is 449 g/mol. The first-order valence-electron chi connectivity index (χ1n) is 10.4. The summed E-state index contributed by atoms with van der Waals surface area (Å²) in [4.78, 5) is 13.5. The Hall–Kier alpha value is -2.19. The van der Waals surface area contributed by atoms with Crippen LogP contribution in [-0.2, 0) is 21.7 Å². The number of amides is 1. The minimum atomic E-state index is -0.756. The SMILES string of the molecule is CC(=O)Nc1ccc(F)cc1OC[C@@H](O)CN1CCC2(CC1)OCc1ccc(Cl)cc12. The number of halogens is 2. The molecule has 6 nitrogen and oxygen atoms in total. The highest BCUT2D eigenvalue weighted by atomic mass is 35.5. The number of piperidine rings is 1. The Bertz CT molecular complexity index is 963. The predicted octanol–water partition coefficient (Wildman–Crippen LogP) is 3.70. The van der Waals surface area contributed by atoms with Crippen molar-refractivity contribution in [3.63, 3.8) is 0 Å². The Kier molecular flexibility index (Phi) is 6.48. The Balaban J connectivity index is 1.31. The van der Waals surface area contributed by atoms with E-state index in [4.69, 9.17) is 21.1 Å². The number of benzene rings is 2. The number of hydrogen-bond acceptors (Lipinski definition) is 5. The number of β-amino-alcohol motifs (C(OH)–C–C–N with tert-alkyl or cyclic N) is 1. The van der Waals surface area contributed by atoms with Crippen LogP contribution in [-0.4, -0.2) is 48.3 Å². The molecule has 2 aliphatic rings. The van der Waals surface area contributed by atoms with Crippen molar-refractivity contribution >= 4 is 23.2 Å². The van der Waals surface area contributed by atoms with E-state index in [1.807, 2.05) is 18.2 Å². The highest BCUT2D eigenvalue weighted by molar-refractivity contribution is 6.30. The molecule has 1 atom stereocenters. The molecule has 0 bridgehead atoms. The first-order chi connectivity index (χ1) is 14.8. The average Bonchev–Trinajstić information content (AvgIpc) is 3.07. The standard InChI is InChI=1S/C23H26ClFN2O4/c1-15(28)26-21-5-4-18(25)11-22(21)30-14-19(29)12-27-8-6-23(7-9-27)20-10-17(24)3-2-16(20)13-31-23/h2-5,10-11,19,29H,6-9,12-14H2,1H3,(H,26,28)/t19-/m0/s1. The molecule has 4 rings (SSSR count). The molecule has 0 radical (unpaired) electrons. The van der Waals surface area contributed by atoms with Crippen LogP contribution in [0.2, 0.25) is 5.02 Å². The number of fused-ring (bicyclic) bond motifs is 2. The van der Waals surface area contributed by atoms with Gasteiger partial charge in [0.25, 0.3) is 0 Å². The topological polar surface area (TPSA) is 71.0 Å². The van der Waals surface area contributed by atoms with Crippen molar-refractivity contribution in [2.45, 2.75) is 38.1 Å². The summed E-state index contributed by atoms with van der Waals surface area (Å²) in [6.45, 7) is 3.95. The van der Waals surface area contributed by atoms with Gasteiger partial charge in [-0.1, -0.05) is 17.7 Å². The maximum atomic E-state index is 13.6. The molecule has 1 saturated heterocycles. The van der Waals surface area contributed by atoms with Crippen molar-refractivity contribution in [3.8, 4) is 5.75 Å². The molecule has 1 spiro atoms. The maximum Gasteiger partial charge on any atom is 0.221 e. The second-order valence-corrected chi connectivity index (χ2v) is 8.61. The summed E-state index contributed by atoms with van der Waals surface area (Å²) < 4.78 is 25.4. The molecule has 1 fully saturated rings. The Labute approximate surface area is 185 Å². The van der Waals surface area contributed by atoms with Gasteiger partial charge in [-0.25, -0.2) is 4.39 Å². The van der Waals surface area contributed by atoms with Gasteiger partial charge in [-0.05, 0) is 48.2 Å². The molecule has 2 aliphatic heterocycles. The summed E-state index contributed by atoms with van der Waals surface area (Å²) in [5.41, 5.74) is 2.45. The summed E-state index contributed by atoms with van der Waals surface area (Å²) in [6.07, 6.45) is 0.892. The van der Waals surface area contributed by atoms with E-state index < -0.39 is 11.9 Å². The van der Waals surface area contributed by atoms with Crippen LogP contribution in [0.3, 0.4) is 0 Å². The Morgan fingerprint density at radius 3 is 2.84 bits per heavy atom. The molecule has 0 aliphatic carbocycles. The van der Waals surface area contributed by atoms with Crippen molar-refractivity contribution in [1.29, 1.82) is 0 Å². The molecule has 0 saturated carbocycles. The number of nitrogens with zero attached hydrogens (tertiary/aromatic N) is 1. The molecule has 8 heteroatoms. The molecule has 0 unspecified atom stereocenters.